The first-order valence-corrected chi connectivity index (χ1v) is 14.0. The summed E-state index contributed by atoms with van der Waals surface area (Å²) in [6.45, 7) is 10.0. The Bertz CT molecular complexity index is 1070. The van der Waals surface area contributed by atoms with Gasteiger partial charge in [0.2, 0.25) is 0 Å². The van der Waals surface area contributed by atoms with Gasteiger partial charge in [-0.2, -0.15) is 0 Å². The Hall–Kier alpha value is -2.64. The molecule has 7 nitrogen and oxygen atoms in total. The first kappa shape index (κ1) is 28.4. The van der Waals surface area contributed by atoms with E-state index in [4.69, 9.17) is 14.2 Å². The molecular formula is C31H42O7. The third-order valence-corrected chi connectivity index (χ3v) is 8.20. The van der Waals surface area contributed by atoms with Crippen LogP contribution >= 0.6 is 0 Å². The molecule has 0 spiro atoms. The maximum absolute atomic E-state index is 13.4. The fourth-order valence-electron chi connectivity index (χ4n) is 6.42. The number of carbonyl (C=O) groups excluding carboxylic acids is 2. The van der Waals surface area contributed by atoms with Crippen LogP contribution in [-0.2, 0) is 19.1 Å². The van der Waals surface area contributed by atoms with E-state index in [0.29, 0.717) is 31.4 Å². The molecule has 1 fully saturated rings. The van der Waals surface area contributed by atoms with Crippen molar-refractivity contribution in [3.8, 4) is 5.75 Å². The molecule has 2 N–H and O–H groups in total. The van der Waals surface area contributed by atoms with E-state index < -0.39 is 30.4 Å². The van der Waals surface area contributed by atoms with Crippen molar-refractivity contribution < 1.29 is 34.0 Å². The van der Waals surface area contributed by atoms with Gasteiger partial charge in [-0.05, 0) is 68.6 Å². The average molecular weight is 527 g/mol. The average Bonchev–Trinajstić information content (AvgIpc) is 2.82. The van der Waals surface area contributed by atoms with Crippen molar-refractivity contribution in [3.63, 3.8) is 0 Å². The van der Waals surface area contributed by atoms with Crippen LogP contribution in [-0.4, -0.2) is 52.7 Å². The van der Waals surface area contributed by atoms with Crippen molar-refractivity contribution in [2.45, 2.75) is 104 Å². The number of rotatable bonds is 8. The fraction of sp³-hybridized carbons (Fsp3) is 0.613. The topological polar surface area (TPSA) is 102 Å². The number of fused-ring (bicyclic) bond motifs is 1. The van der Waals surface area contributed by atoms with Crippen LogP contribution in [0.3, 0.4) is 0 Å². The second-order valence-electron chi connectivity index (χ2n) is 11.4. The Morgan fingerprint density at radius 2 is 1.84 bits per heavy atom. The van der Waals surface area contributed by atoms with E-state index in [2.05, 4.69) is 13.0 Å². The summed E-state index contributed by atoms with van der Waals surface area (Å²) in [6.07, 6.45) is 5.77. The van der Waals surface area contributed by atoms with E-state index in [0.717, 1.165) is 28.7 Å². The van der Waals surface area contributed by atoms with Gasteiger partial charge in [0.05, 0.1) is 18.6 Å². The molecule has 208 valence electrons. The zero-order valence-electron chi connectivity index (χ0n) is 23.2. The Kier molecular flexibility index (Phi) is 8.99. The van der Waals surface area contributed by atoms with Crippen molar-refractivity contribution in [1.82, 2.24) is 0 Å². The van der Waals surface area contributed by atoms with Crippen LogP contribution in [0.2, 0.25) is 0 Å². The lowest BCUT2D eigenvalue weighted by Gasteiger charge is -2.43. The van der Waals surface area contributed by atoms with Crippen LogP contribution in [0, 0.1) is 38.5 Å². The largest absolute Gasteiger partial charge is 0.478 e. The molecule has 1 aromatic rings. The van der Waals surface area contributed by atoms with Gasteiger partial charge in [0, 0.05) is 18.8 Å². The number of aliphatic hydroxyl groups is 2. The molecule has 8 atom stereocenters. The standard InChI is InChI=1S/C31H42O7/c1-6-26(37-30-19(4)11-17(2)12-20(30)5)31(35)38-27-15-22(32)13-21-8-7-18(3)25(29(21)27)10-9-24-14-23(33)16-28(34)36-24/h7-8,11-13,18,22-27,29,32-33H,6,9-10,14-16H2,1-5H3/t18?,22?,23-,24-,25?,26+,27?,29?/m1/s1. The molecule has 1 saturated heterocycles. The SMILES string of the molecule is CC[C@H](Oc1c(C)cc(C)cc1C)C(=O)OC1CC(O)C=C2C=CC(C)C(CC[C@@H]3C[C@@H](O)CC(=O)O3)C21. The number of hydrogen-bond donors (Lipinski definition) is 2. The normalized spacial score (nSPS) is 31.6. The van der Waals surface area contributed by atoms with Crippen LogP contribution in [0.25, 0.3) is 0 Å². The van der Waals surface area contributed by atoms with Gasteiger partial charge in [0.1, 0.15) is 18.0 Å². The van der Waals surface area contributed by atoms with Crippen LogP contribution in [0.5, 0.6) is 5.75 Å². The highest BCUT2D eigenvalue weighted by Crippen LogP contribution is 2.44. The third-order valence-electron chi connectivity index (χ3n) is 8.20. The number of allylic oxidation sites excluding steroid dienone is 2. The molecule has 7 heteroatoms. The molecule has 5 unspecified atom stereocenters. The number of ether oxygens (including phenoxy) is 3. The third kappa shape index (κ3) is 6.49. The van der Waals surface area contributed by atoms with E-state index in [1.807, 2.05) is 52.0 Å². The van der Waals surface area contributed by atoms with Crippen LogP contribution in [0.1, 0.15) is 69.1 Å². The molecular weight excluding hydrogens is 484 g/mol. The van der Waals surface area contributed by atoms with E-state index in [1.165, 1.54) is 0 Å². The molecule has 0 bridgehead atoms. The Morgan fingerprint density at radius 1 is 1.13 bits per heavy atom. The molecule has 1 aliphatic heterocycles. The molecule has 0 aromatic heterocycles. The first-order chi connectivity index (χ1) is 18.0. The monoisotopic (exact) mass is 526 g/mol. The molecule has 2 aliphatic carbocycles. The zero-order chi connectivity index (χ0) is 27.6. The number of aliphatic hydroxyl groups excluding tert-OH is 2. The minimum Gasteiger partial charge on any atom is -0.478 e. The number of cyclic esters (lactones) is 1. The molecule has 0 saturated carbocycles. The van der Waals surface area contributed by atoms with Gasteiger partial charge in [-0.3, -0.25) is 4.79 Å². The van der Waals surface area contributed by atoms with Gasteiger partial charge >= 0.3 is 11.9 Å². The maximum atomic E-state index is 13.4. The van der Waals surface area contributed by atoms with E-state index in [-0.39, 0.29) is 36.2 Å². The van der Waals surface area contributed by atoms with Crippen LogP contribution in [0.4, 0.5) is 0 Å². The summed E-state index contributed by atoms with van der Waals surface area (Å²) in [5, 5.41) is 20.6. The van der Waals surface area contributed by atoms with Gasteiger partial charge in [-0.25, -0.2) is 4.79 Å². The quantitative estimate of drug-likeness (QED) is 0.475. The lowest BCUT2D eigenvalue weighted by molar-refractivity contribution is -0.165. The van der Waals surface area contributed by atoms with E-state index in [9.17, 15) is 19.8 Å². The zero-order valence-corrected chi connectivity index (χ0v) is 23.2. The Labute approximate surface area is 225 Å². The lowest BCUT2D eigenvalue weighted by Crippen LogP contribution is -2.44. The lowest BCUT2D eigenvalue weighted by atomic mass is 9.66. The number of esters is 2. The van der Waals surface area contributed by atoms with Crippen molar-refractivity contribution in [2.75, 3.05) is 0 Å². The highest BCUT2D eigenvalue weighted by atomic mass is 16.6. The summed E-state index contributed by atoms with van der Waals surface area (Å²) >= 11 is 0. The Balaban J connectivity index is 1.50. The van der Waals surface area contributed by atoms with Gasteiger partial charge in [-0.15, -0.1) is 0 Å². The second kappa shape index (κ2) is 12.0. The summed E-state index contributed by atoms with van der Waals surface area (Å²) in [6, 6.07) is 4.08. The van der Waals surface area contributed by atoms with Crippen molar-refractivity contribution in [3.05, 3.63) is 52.6 Å². The second-order valence-corrected chi connectivity index (χ2v) is 11.4. The number of benzene rings is 1. The molecule has 38 heavy (non-hydrogen) atoms. The van der Waals surface area contributed by atoms with Crippen LogP contribution in [0.15, 0.2) is 35.9 Å². The molecule has 1 aromatic carbocycles. The van der Waals surface area contributed by atoms with Crippen molar-refractivity contribution in [1.29, 1.82) is 0 Å². The summed E-state index contributed by atoms with van der Waals surface area (Å²) in [5.41, 5.74) is 4.07. The van der Waals surface area contributed by atoms with Gasteiger partial charge in [-0.1, -0.05) is 49.8 Å². The summed E-state index contributed by atoms with van der Waals surface area (Å²) in [4.78, 5) is 25.3. The number of hydrogen-bond acceptors (Lipinski definition) is 7. The summed E-state index contributed by atoms with van der Waals surface area (Å²) < 4.78 is 17.8. The minimum absolute atomic E-state index is 0.0484. The Morgan fingerprint density at radius 3 is 2.50 bits per heavy atom. The maximum Gasteiger partial charge on any atom is 0.347 e. The fourth-order valence-corrected chi connectivity index (χ4v) is 6.42. The number of carbonyl (C=O) groups is 2. The minimum atomic E-state index is -0.750. The molecule has 0 radical (unpaired) electrons. The van der Waals surface area contributed by atoms with Gasteiger partial charge < -0.3 is 24.4 Å². The van der Waals surface area contributed by atoms with Gasteiger partial charge in [0.15, 0.2) is 6.10 Å². The van der Waals surface area contributed by atoms with Crippen molar-refractivity contribution >= 4 is 11.9 Å². The molecule has 1 heterocycles. The predicted molar refractivity (Wildman–Crippen MR) is 144 cm³/mol. The molecule has 4 rings (SSSR count). The van der Waals surface area contributed by atoms with E-state index >= 15 is 0 Å². The first-order valence-electron chi connectivity index (χ1n) is 14.0. The van der Waals surface area contributed by atoms with Crippen LogP contribution < -0.4 is 4.74 Å². The summed E-state index contributed by atoms with van der Waals surface area (Å²) in [5.74, 6) is 0.205. The predicted octanol–water partition coefficient (Wildman–Crippen LogP) is 4.66. The highest BCUT2D eigenvalue weighted by molar-refractivity contribution is 5.75. The van der Waals surface area contributed by atoms with Crippen molar-refractivity contribution in [2.24, 2.45) is 17.8 Å². The van der Waals surface area contributed by atoms with E-state index in [1.54, 1.807) is 0 Å². The number of aryl methyl sites for hydroxylation is 3. The molecule has 0 amide bonds. The smallest absolute Gasteiger partial charge is 0.347 e. The summed E-state index contributed by atoms with van der Waals surface area (Å²) in [7, 11) is 0. The van der Waals surface area contributed by atoms with Gasteiger partial charge in [0.25, 0.3) is 0 Å². The molecule has 3 aliphatic rings. The highest BCUT2D eigenvalue weighted by Gasteiger charge is 2.43.